The molecule has 1 aliphatic carbocycles. The molecule has 4 rings (SSSR count). The fourth-order valence-electron chi connectivity index (χ4n) is 4.76. The third-order valence-electron chi connectivity index (χ3n) is 6.36. The van der Waals surface area contributed by atoms with Gasteiger partial charge in [0.15, 0.2) is 0 Å². The highest BCUT2D eigenvalue weighted by Gasteiger charge is 2.37. The highest BCUT2D eigenvalue weighted by Crippen LogP contribution is 2.30. The molecular formula is C22H30FN3O3. The molecule has 7 heteroatoms. The summed E-state index contributed by atoms with van der Waals surface area (Å²) in [4.78, 5) is 29.5. The fraction of sp³-hybridized carbons (Fsp3) is 0.636. The maximum absolute atomic E-state index is 14.6. The number of halogens is 1. The first kappa shape index (κ1) is 20.1. The SMILES string of the molecule is O=C(Nc1ccc(N2CCOCC2)c(F)c1)C1CCCN1C(=O)C1CCCCC1. The lowest BCUT2D eigenvalue weighted by Gasteiger charge is -2.30. The summed E-state index contributed by atoms with van der Waals surface area (Å²) in [7, 11) is 0. The zero-order valence-corrected chi connectivity index (χ0v) is 16.9. The number of amides is 2. The minimum atomic E-state index is -0.452. The Bertz CT molecular complexity index is 745. The Morgan fingerprint density at radius 2 is 1.76 bits per heavy atom. The Morgan fingerprint density at radius 3 is 2.48 bits per heavy atom. The van der Waals surface area contributed by atoms with E-state index >= 15 is 0 Å². The first-order valence-corrected chi connectivity index (χ1v) is 10.9. The number of likely N-dealkylation sites (tertiary alicyclic amines) is 1. The lowest BCUT2D eigenvalue weighted by Crippen LogP contribution is -2.46. The molecular weight excluding hydrogens is 373 g/mol. The molecule has 2 saturated heterocycles. The summed E-state index contributed by atoms with van der Waals surface area (Å²) in [6.07, 6.45) is 6.74. The lowest BCUT2D eigenvalue weighted by molar-refractivity contribution is -0.141. The number of morpholine rings is 1. The van der Waals surface area contributed by atoms with Gasteiger partial charge in [0.2, 0.25) is 11.8 Å². The third kappa shape index (κ3) is 4.55. The van der Waals surface area contributed by atoms with Crippen LogP contribution in [0.25, 0.3) is 0 Å². The van der Waals surface area contributed by atoms with Crippen molar-refractivity contribution >= 4 is 23.2 Å². The molecule has 1 aromatic rings. The monoisotopic (exact) mass is 403 g/mol. The standard InChI is InChI=1S/C22H30FN3O3/c23-18-15-17(8-9-19(18)25-11-13-29-14-12-25)24-21(27)20-7-4-10-26(20)22(28)16-5-2-1-3-6-16/h8-9,15-16,20H,1-7,10-14H2,(H,24,27). The summed E-state index contributed by atoms with van der Waals surface area (Å²) < 4.78 is 19.9. The van der Waals surface area contributed by atoms with Crippen LogP contribution < -0.4 is 10.2 Å². The van der Waals surface area contributed by atoms with Gasteiger partial charge in [-0.15, -0.1) is 0 Å². The van der Waals surface area contributed by atoms with Crippen LogP contribution in [0.15, 0.2) is 18.2 Å². The number of nitrogens with zero attached hydrogens (tertiary/aromatic N) is 2. The van der Waals surface area contributed by atoms with Gasteiger partial charge >= 0.3 is 0 Å². The van der Waals surface area contributed by atoms with Crippen LogP contribution in [0, 0.1) is 11.7 Å². The maximum atomic E-state index is 14.6. The molecule has 1 saturated carbocycles. The first-order valence-electron chi connectivity index (χ1n) is 10.9. The number of hydrogen-bond donors (Lipinski definition) is 1. The van der Waals surface area contributed by atoms with E-state index in [-0.39, 0.29) is 23.5 Å². The molecule has 2 aliphatic heterocycles. The summed E-state index contributed by atoms with van der Waals surface area (Å²) in [5.74, 6) is -0.393. The van der Waals surface area contributed by atoms with Crippen molar-refractivity contribution in [2.75, 3.05) is 43.1 Å². The molecule has 6 nitrogen and oxygen atoms in total. The quantitative estimate of drug-likeness (QED) is 0.839. The van der Waals surface area contributed by atoms with Crippen molar-refractivity contribution in [3.05, 3.63) is 24.0 Å². The Morgan fingerprint density at radius 1 is 1.00 bits per heavy atom. The Kier molecular flexibility index (Phi) is 6.33. The largest absolute Gasteiger partial charge is 0.378 e. The van der Waals surface area contributed by atoms with E-state index in [9.17, 15) is 14.0 Å². The van der Waals surface area contributed by atoms with Crippen molar-refractivity contribution in [2.45, 2.75) is 51.0 Å². The van der Waals surface area contributed by atoms with E-state index in [1.54, 1.807) is 17.0 Å². The molecule has 3 aliphatic rings. The van der Waals surface area contributed by atoms with Crippen molar-refractivity contribution in [3.8, 4) is 0 Å². The third-order valence-corrected chi connectivity index (χ3v) is 6.36. The number of ether oxygens (including phenoxy) is 1. The Balaban J connectivity index is 1.40. The number of nitrogens with one attached hydrogen (secondary N) is 1. The molecule has 1 atom stereocenters. The highest BCUT2D eigenvalue weighted by molar-refractivity contribution is 5.98. The number of carbonyl (C=O) groups is 2. The molecule has 158 valence electrons. The van der Waals surface area contributed by atoms with E-state index in [0.29, 0.717) is 50.6 Å². The van der Waals surface area contributed by atoms with Gasteiger partial charge in [0, 0.05) is 31.2 Å². The Labute approximate surface area is 171 Å². The van der Waals surface area contributed by atoms with Crippen LogP contribution >= 0.6 is 0 Å². The molecule has 2 amide bonds. The van der Waals surface area contributed by atoms with Crippen LogP contribution in [0.2, 0.25) is 0 Å². The molecule has 1 N–H and O–H groups in total. The summed E-state index contributed by atoms with van der Waals surface area (Å²) >= 11 is 0. The summed E-state index contributed by atoms with van der Waals surface area (Å²) in [6, 6.07) is 4.35. The van der Waals surface area contributed by atoms with Gasteiger partial charge in [0.05, 0.1) is 18.9 Å². The highest BCUT2D eigenvalue weighted by atomic mass is 19.1. The Hall–Kier alpha value is -2.15. The molecule has 2 heterocycles. The van der Waals surface area contributed by atoms with Crippen molar-refractivity contribution in [1.82, 2.24) is 4.90 Å². The van der Waals surface area contributed by atoms with E-state index in [4.69, 9.17) is 4.74 Å². The van der Waals surface area contributed by atoms with Crippen LogP contribution in [-0.2, 0) is 14.3 Å². The van der Waals surface area contributed by atoms with Gasteiger partial charge in [-0.2, -0.15) is 0 Å². The minimum absolute atomic E-state index is 0.0578. The van der Waals surface area contributed by atoms with Crippen molar-refractivity contribution in [3.63, 3.8) is 0 Å². The molecule has 0 radical (unpaired) electrons. The average molecular weight is 403 g/mol. The summed E-state index contributed by atoms with van der Waals surface area (Å²) in [5, 5.41) is 2.83. The molecule has 29 heavy (non-hydrogen) atoms. The van der Waals surface area contributed by atoms with Gasteiger partial charge in [-0.1, -0.05) is 19.3 Å². The van der Waals surface area contributed by atoms with E-state index in [2.05, 4.69) is 5.32 Å². The number of carbonyl (C=O) groups excluding carboxylic acids is 2. The van der Waals surface area contributed by atoms with E-state index in [0.717, 1.165) is 32.1 Å². The van der Waals surface area contributed by atoms with Crippen LogP contribution in [-0.4, -0.2) is 55.6 Å². The average Bonchev–Trinajstić information content (AvgIpc) is 3.25. The van der Waals surface area contributed by atoms with Crippen molar-refractivity contribution in [1.29, 1.82) is 0 Å². The zero-order chi connectivity index (χ0) is 20.2. The normalized spacial score (nSPS) is 23.3. The van der Waals surface area contributed by atoms with Crippen LogP contribution in [0.1, 0.15) is 44.9 Å². The van der Waals surface area contributed by atoms with E-state index in [1.807, 2.05) is 4.90 Å². The fourth-order valence-corrected chi connectivity index (χ4v) is 4.76. The van der Waals surface area contributed by atoms with E-state index < -0.39 is 6.04 Å². The number of rotatable bonds is 4. The summed E-state index contributed by atoms with van der Waals surface area (Å²) in [6.45, 7) is 3.12. The second-order valence-corrected chi connectivity index (χ2v) is 8.28. The second-order valence-electron chi connectivity index (χ2n) is 8.28. The van der Waals surface area contributed by atoms with Crippen molar-refractivity contribution in [2.24, 2.45) is 5.92 Å². The predicted molar refractivity (Wildman–Crippen MR) is 109 cm³/mol. The predicted octanol–water partition coefficient (Wildman–Crippen LogP) is 3.17. The zero-order valence-electron chi connectivity index (χ0n) is 16.9. The van der Waals surface area contributed by atoms with Gasteiger partial charge < -0.3 is 19.9 Å². The van der Waals surface area contributed by atoms with Gasteiger partial charge in [-0.25, -0.2) is 4.39 Å². The topological polar surface area (TPSA) is 61.9 Å². The van der Waals surface area contributed by atoms with Gasteiger partial charge in [0.25, 0.3) is 0 Å². The second kappa shape index (κ2) is 9.11. The van der Waals surface area contributed by atoms with Gasteiger partial charge in [0.1, 0.15) is 11.9 Å². The lowest BCUT2D eigenvalue weighted by atomic mass is 9.88. The van der Waals surface area contributed by atoms with Crippen molar-refractivity contribution < 1.29 is 18.7 Å². The van der Waals surface area contributed by atoms with Crippen LogP contribution in [0.4, 0.5) is 15.8 Å². The minimum Gasteiger partial charge on any atom is -0.378 e. The van der Waals surface area contributed by atoms with Gasteiger partial charge in [-0.3, -0.25) is 9.59 Å². The molecule has 3 fully saturated rings. The number of benzene rings is 1. The molecule has 1 unspecified atom stereocenters. The summed E-state index contributed by atoms with van der Waals surface area (Å²) in [5.41, 5.74) is 0.961. The first-order chi connectivity index (χ1) is 14.1. The number of anilines is 2. The molecule has 1 aromatic carbocycles. The van der Waals surface area contributed by atoms with Crippen LogP contribution in [0.5, 0.6) is 0 Å². The van der Waals surface area contributed by atoms with Crippen LogP contribution in [0.3, 0.4) is 0 Å². The molecule has 0 bridgehead atoms. The smallest absolute Gasteiger partial charge is 0.247 e. The maximum Gasteiger partial charge on any atom is 0.247 e. The molecule has 0 aromatic heterocycles. The van der Waals surface area contributed by atoms with E-state index in [1.165, 1.54) is 12.5 Å². The molecule has 0 spiro atoms. The van der Waals surface area contributed by atoms with Gasteiger partial charge in [-0.05, 0) is 43.9 Å². The number of hydrogen-bond acceptors (Lipinski definition) is 4.